The van der Waals surface area contributed by atoms with Crippen molar-refractivity contribution < 1.29 is 27.4 Å². The molecule has 2 aromatic rings. The fourth-order valence-corrected chi connectivity index (χ4v) is 1.63. The number of hydrogen-bond donors (Lipinski definition) is 0. The van der Waals surface area contributed by atoms with Crippen LogP contribution in [0.2, 0.25) is 0 Å². The molecule has 0 fully saturated rings. The standard InChI is InChI=1S/C15H11F3O3/c1-10(19)11-5-7-12(8-6-11)20-13-3-2-4-14(9-13)21-15(16,17)18/h2-9H,1H3. The van der Waals surface area contributed by atoms with Gasteiger partial charge in [-0.25, -0.2) is 0 Å². The zero-order chi connectivity index (χ0) is 15.5. The fourth-order valence-electron chi connectivity index (χ4n) is 1.63. The molecular formula is C15H11F3O3. The van der Waals surface area contributed by atoms with E-state index in [0.717, 1.165) is 6.07 Å². The van der Waals surface area contributed by atoms with Crippen LogP contribution in [0.25, 0.3) is 0 Å². The van der Waals surface area contributed by atoms with Crippen molar-refractivity contribution in [1.29, 1.82) is 0 Å². The number of benzene rings is 2. The molecular weight excluding hydrogens is 285 g/mol. The van der Waals surface area contributed by atoms with Crippen LogP contribution >= 0.6 is 0 Å². The second kappa shape index (κ2) is 5.87. The Hall–Kier alpha value is -2.50. The van der Waals surface area contributed by atoms with Crippen molar-refractivity contribution in [2.45, 2.75) is 13.3 Å². The average Bonchev–Trinajstić information content (AvgIpc) is 2.37. The van der Waals surface area contributed by atoms with Gasteiger partial charge in [0, 0.05) is 11.6 Å². The maximum absolute atomic E-state index is 12.1. The number of hydrogen-bond acceptors (Lipinski definition) is 3. The molecule has 0 atom stereocenters. The molecule has 0 aliphatic carbocycles. The van der Waals surface area contributed by atoms with Crippen LogP contribution in [0.15, 0.2) is 48.5 Å². The Bertz CT molecular complexity index is 633. The normalized spacial score (nSPS) is 11.0. The first-order valence-electron chi connectivity index (χ1n) is 5.98. The molecule has 110 valence electrons. The highest BCUT2D eigenvalue weighted by molar-refractivity contribution is 5.94. The van der Waals surface area contributed by atoms with Crippen molar-refractivity contribution in [3.05, 3.63) is 54.1 Å². The van der Waals surface area contributed by atoms with E-state index in [-0.39, 0.29) is 17.3 Å². The highest BCUT2D eigenvalue weighted by Crippen LogP contribution is 2.28. The van der Waals surface area contributed by atoms with E-state index in [4.69, 9.17) is 4.74 Å². The van der Waals surface area contributed by atoms with Gasteiger partial charge < -0.3 is 9.47 Å². The number of Topliss-reactive ketones (excluding diaryl/α,β-unsaturated/α-hetero) is 1. The van der Waals surface area contributed by atoms with E-state index in [1.807, 2.05) is 0 Å². The summed E-state index contributed by atoms with van der Waals surface area (Å²) < 4.78 is 45.6. The van der Waals surface area contributed by atoms with Crippen LogP contribution in [0, 0.1) is 0 Å². The number of carbonyl (C=O) groups is 1. The summed E-state index contributed by atoms with van der Waals surface area (Å²) in [7, 11) is 0. The third-order valence-corrected chi connectivity index (χ3v) is 2.54. The van der Waals surface area contributed by atoms with Gasteiger partial charge in [-0.15, -0.1) is 13.2 Å². The quantitative estimate of drug-likeness (QED) is 0.775. The van der Waals surface area contributed by atoms with Gasteiger partial charge >= 0.3 is 6.36 Å². The fraction of sp³-hybridized carbons (Fsp3) is 0.133. The van der Waals surface area contributed by atoms with Gasteiger partial charge in [0.1, 0.15) is 17.2 Å². The zero-order valence-electron chi connectivity index (χ0n) is 11.0. The van der Waals surface area contributed by atoms with Gasteiger partial charge in [0.2, 0.25) is 0 Å². The Balaban J connectivity index is 2.12. The van der Waals surface area contributed by atoms with Gasteiger partial charge in [-0.3, -0.25) is 4.79 Å². The molecule has 0 heterocycles. The van der Waals surface area contributed by atoms with E-state index in [1.165, 1.54) is 25.1 Å². The van der Waals surface area contributed by atoms with Gasteiger partial charge in [-0.1, -0.05) is 6.07 Å². The molecule has 3 nitrogen and oxygen atoms in total. The van der Waals surface area contributed by atoms with Crippen LogP contribution in [0.3, 0.4) is 0 Å². The van der Waals surface area contributed by atoms with Crippen molar-refractivity contribution in [3.63, 3.8) is 0 Å². The summed E-state index contributed by atoms with van der Waals surface area (Å²) in [5.74, 6) is 0.166. The molecule has 0 spiro atoms. The summed E-state index contributed by atoms with van der Waals surface area (Å²) in [6.07, 6.45) is -4.75. The van der Waals surface area contributed by atoms with Crippen molar-refractivity contribution in [3.8, 4) is 17.2 Å². The summed E-state index contributed by atoms with van der Waals surface area (Å²) in [5, 5.41) is 0. The third-order valence-electron chi connectivity index (χ3n) is 2.54. The highest BCUT2D eigenvalue weighted by atomic mass is 19.4. The molecule has 0 N–H and O–H groups in total. The molecule has 21 heavy (non-hydrogen) atoms. The Kier molecular flexibility index (Phi) is 4.16. The molecule has 0 aliphatic rings. The predicted molar refractivity (Wildman–Crippen MR) is 69.6 cm³/mol. The molecule has 0 radical (unpaired) electrons. The monoisotopic (exact) mass is 296 g/mol. The van der Waals surface area contributed by atoms with Crippen LogP contribution in [-0.4, -0.2) is 12.1 Å². The lowest BCUT2D eigenvalue weighted by molar-refractivity contribution is -0.274. The van der Waals surface area contributed by atoms with Gasteiger partial charge in [0.15, 0.2) is 5.78 Å². The van der Waals surface area contributed by atoms with Crippen LogP contribution < -0.4 is 9.47 Å². The van der Waals surface area contributed by atoms with Crippen molar-refractivity contribution in [1.82, 2.24) is 0 Å². The Labute approximate surface area is 118 Å². The summed E-state index contributed by atoms with van der Waals surface area (Å²) in [5.41, 5.74) is 0.525. The third kappa shape index (κ3) is 4.52. The number of alkyl halides is 3. The summed E-state index contributed by atoms with van der Waals surface area (Å²) in [6, 6.07) is 11.5. The van der Waals surface area contributed by atoms with Crippen molar-refractivity contribution in [2.75, 3.05) is 0 Å². The van der Waals surface area contributed by atoms with Gasteiger partial charge in [-0.2, -0.15) is 0 Å². The smallest absolute Gasteiger partial charge is 0.457 e. The molecule has 0 saturated carbocycles. The van der Waals surface area contributed by atoms with Crippen LogP contribution in [0.1, 0.15) is 17.3 Å². The van der Waals surface area contributed by atoms with Gasteiger partial charge in [0.05, 0.1) is 0 Å². The van der Waals surface area contributed by atoms with Gasteiger partial charge in [0.25, 0.3) is 0 Å². The molecule has 2 aromatic carbocycles. The van der Waals surface area contributed by atoms with E-state index in [0.29, 0.717) is 11.3 Å². The maximum atomic E-state index is 12.1. The lowest BCUT2D eigenvalue weighted by Gasteiger charge is -2.11. The lowest BCUT2D eigenvalue weighted by Crippen LogP contribution is -2.16. The average molecular weight is 296 g/mol. The number of ether oxygens (including phenoxy) is 2. The Morgan fingerprint density at radius 3 is 2.14 bits per heavy atom. The first-order chi connectivity index (χ1) is 9.83. The first-order valence-corrected chi connectivity index (χ1v) is 5.98. The van der Waals surface area contributed by atoms with Crippen LogP contribution in [-0.2, 0) is 0 Å². The van der Waals surface area contributed by atoms with Gasteiger partial charge in [-0.05, 0) is 43.3 Å². The second-order valence-electron chi connectivity index (χ2n) is 4.21. The lowest BCUT2D eigenvalue weighted by atomic mass is 10.1. The largest absolute Gasteiger partial charge is 0.573 e. The summed E-state index contributed by atoms with van der Waals surface area (Å²) >= 11 is 0. The van der Waals surface area contributed by atoms with E-state index in [9.17, 15) is 18.0 Å². The molecule has 2 rings (SSSR count). The number of rotatable bonds is 4. The SMILES string of the molecule is CC(=O)c1ccc(Oc2cccc(OC(F)(F)F)c2)cc1. The minimum Gasteiger partial charge on any atom is -0.457 e. The molecule has 0 saturated heterocycles. The number of ketones is 1. The van der Waals surface area contributed by atoms with E-state index >= 15 is 0 Å². The topological polar surface area (TPSA) is 35.5 Å². The Morgan fingerprint density at radius 2 is 1.57 bits per heavy atom. The molecule has 0 unspecified atom stereocenters. The molecule has 0 bridgehead atoms. The number of halogens is 3. The van der Waals surface area contributed by atoms with E-state index in [1.54, 1.807) is 24.3 Å². The van der Waals surface area contributed by atoms with Crippen molar-refractivity contribution in [2.24, 2.45) is 0 Å². The summed E-state index contributed by atoms with van der Waals surface area (Å²) in [6.45, 7) is 1.44. The zero-order valence-corrected chi connectivity index (χ0v) is 11.0. The van der Waals surface area contributed by atoms with Crippen LogP contribution in [0.5, 0.6) is 17.2 Å². The molecule has 6 heteroatoms. The summed E-state index contributed by atoms with van der Waals surface area (Å²) in [4.78, 5) is 11.1. The minimum absolute atomic E-state index is 0.0814. The van der Waals surface area contributed by atoms with E-state index < -0.39 is 6.36 Å². The molecule has 0 amide bonds. The first kappa shape index (κ1) is 14.9. The number of carbonyl (C=O) groups excluding carboxylic acids is 1. The highest BCUT2D eigenvalue weighted by Gasteiger charge is 2.31. The predicted octanol–water partition coefficient (Wildman–Crippen LogP) is 4.58. The molecule has 0 aliphatic heterocycles. The Morgan fingerprint density at radius 1 is 0.952 bits per heavy atom. The van der Waals surface area contributed by atoms with E-state index in [2.05, 4.69) is 4.74 Å². The van der Waals surface area contributed by atoms with Crippen LogP contribution in [0.4, 0.5) is 13.2 Å². The molecule has 0 aromatic heterocycles. The maximum Gasteiger partial charge on any atom is 0.573 e. The second-order valence-corrected chi connectivity index (χ2v) is 4.21. The van der Waals surface area contributed by atoms with Crippen molar-refractivity contribution >= 4 is 5.78 Å². The minimum atomic E-state index is -4.75.